The molecule has 0 amide bonds. The number of halogens is 4. The van der Waals surface area contributed by atoms with E-state index in [1.165, 1.54) is 16.4 Å². The lowest BCUT2D eigenvalue weighted by atomic mass is 10.1. The van der Waals surface area contributed by atoms with Gasteiger partial charge in [0.1, 0.15) is 4.90 Å². The number of hydrogen-bond donors (Lipinski definition) is 1. The normalized spacial score (nSPS) is 25.6. The zero-order valence-electron chi connectivity index (χ0n) is 11.6. The van der Waals surface area contributed by atoms with Crippen LogP contribution in [0.1, 0.15) is 19.3 Å². The van der Waals surface area contributed by atoms with Crippen LogP contribution in [0.25, 0.3) is 0 Å². The highest BCUT2D eigenvalue weighted by molar-refractivity contribution is 7.89. The van der Waals surface area contributed by atoms with Gasteiger partial charge in [0.25, 0.3) is 0 Å². The van der Waals surface area contributed by atoms with Crippen molar-refractivity contribution in [3.8, 4) is 0 Å². The molecule has 2 aliphatic heterocycles. The Morgan fingerprint density at radius 1 is 1.18 bits per heavy atom. The van der Waals surface area contributed by atoms with Crippen LogP contribution in [0.2, 0.25) is 10.0 Å². The molecule has 2 fully saturated rings. The molecule has 0 aliphatic carbocycles. The van der Waals surface area contributed by atoms with Crippen LogP contribution in [0.5, 0.6) is 0 Å². The van der Waals surface area contributed by atoms with Crippen molar-refractivity contribution >= 4 is 45.6 Å². The Balaban J connectivity index is 0.00000176. The van der Waals surface area contributed by atoms with Gasteiger partial charge in [0.15, 0.2) is 5.82 Å². The quantitative estimate of drug-likeness (QED) is 0.791. The third-order valence-corrected chi connectivity index (χ3v) is 6.78. The van der Waals surface area contributed by atoms with E-state index in [0.29, 0.717) is 19.1 Å². The van der Waals surface area contributed by atoms with Crippen LogP contribution in [0.3, 0.4) is 0 Å². The smallest absolute Gasteiger partial charge is 0.244 e. The van der Waals surface area contributed by atoms with Gasteiger partial charge in [0.05, 0.1) is 10.0 Å². The Labute approximate surface area is 145 Å². The molecule has 2 unspecified atom stereocenters. The number of sulfonamides is 1. The second-order valence-corrected chi connectivity index (χ2v) is 8.15. The molecular formula is C13H16Cl3FN2O2S. The van der Waals surface area contributed by atoms with Crippen molar-refractivity contribution in [1.29, 1.82) is 0 Å². The molecule has 3 rings (SSSR count). The molecule has 124 valence electrons. The molecule has 1 aromatic rings. The molecule has 2 atom stereocenters. The average molecular weight is 390 g/mol. The van der Waals surface area contributed by atoms with E-state index >= 15 is 0 Å². The van der Waals surface area contributed by atoms with E-state index in [2.05, 4.69) is 5.32 Å². The first kappa shape index (κ1) is 18.2. The van der Waals surface area contributed by atoms with Crippen LogP contribution in [-0.2, 0) is 10.0 Å². The number of benzene rings is 1. The third-order valence-electron chi connectivity index (χ3n) is 4.10. The lowest BCUT2D eigenvalue weighted by molar-refractivity contribution is 0.383. The zero-order chi connectivity index (χ0) is 15.2. The Morgan fingerprint density at radius 2 is 1.86 bits per heavy atom. The largest absolute Gasteiger partial charge is 0.310 e. The average Bonchev–Trinajstić information content (AvgIpc) is 2.74. The van der Waals surface area contributed by atoms with Gasteiger partial charge in [0, 0.05) is 25.2 Å². The summed E-state index contributed by atoms with van der Waals surface area (Å²) >= 11 is 11.5. The van der Waals surface area contributed by atoms with Gasteiger partial charge in [-0.2, -0.15) is 4.31 Å². The lowest BCUT2D eigenvalue weighted by Crippen LogP contribution is -2.39. The van der Waals surface area contributed by atoms with Gasteiger partial charge in [-0.1, -0.05) is 23.2 Å². The summed E-state index contributed by atoms with van der Waals surface area (Å²) in [4.78, 5) is -0.219. The minimum Gasteiger partial charge on any atom is -0.310 e. The molecule has 2 heterocycles. The van der Waals surface area contributed by atoms with Gasteiger partial charge in [-0.3, -0.25) is 0 Å². The molecule has 9 heteroatoms. The minimum absolute atomic E-state index is 0. The van der Waals surface area contributed by atoms with E-state index in [1.54, 1.807) is 0 Å². The van der Waals surface area contributed by atoms with Gasteiger partial charge in [-0.15, -0.1) is 12.4 Å². The second kappa shape index (κ2) is 6.79. The first-order chi connectivity index (χ1) is 9.89. The van der Waals surface area contributed by atoms with E-state index in [0.717, 1.165) is 19.3 Å². The Kier molecular flexibility index (Phi) is 5.63. The van der Waals surface area contributed by atoms with Crippen LogP contribution in [0, 0.1) is 5.82 Å². The predicted molar refractivity (Wildman–Crippen MR) is 87.0 cm³/mol. The summed E-state index contributed by atoms with van der Waals surface area (Å²) in [6.45, 7) is 0.802. The summed E-state index contributed by atoms with van der Waals surface area (Å²) in [7, 11) is -3.82. The monoisotopic (exact) mass is 388 g/mol. The van der Waals surface area contributed by atoms with Crippen molar-refractivity contribution in [2.75, 3.05) is 13.1 Å². The maximum Gasteiger partial charge on any atom is 0.244 e. The Morgan fingerprint density at radius 3 is 2.59 bits per heavy atom. The van der Waals surface area contributed by atoms with E-state index in [-0.39, 0.29) is 28.4 Å². The predicted octanol–water partition coefficient (Wildman–Crippen LogP) is 3.07. The van der Waals surface area contributed by atoms with Crippen molar-refractivity contribution in [2.24, 2.45) is 0 Å². The summed E-state index contributed by atoms with van der Waals surface area (Å²) < 4.78 is 40.6. The van der Waals surface area contributed by atoms with Gasteiger partial charge < -0.3 is 5.32 Å². The van der Waals surface area contributed by atoms with Crippen LogP contribution in [-0.4, -0.2) is 37.9 Å². The van der Waals surface area contributed by atoms with Crippen LogP contribution in [0.15, 0.2) is 17.0 Å². The third kappa shape index (κ3) is 3.23. The zero-order valence-corrected chi connectivity index (χ0v) is 14.7. The van der Waals surface area contributed by atoms with Crippen molar-refractivity contribution in [3.63, 3.8) is 0 Å². The molecule has 2 saturated heterocycles. The topological polar surface area (TPSA) is 49.4 Å². The number of nitrogens with one attached hydrogen (secondary N) is 1. The number of fused-ring (bicyclic) bond motifs is 2. The fraction of sp³-hybridized carbons (Fsp3) is 0.538. The highest BCUT2D eigenvalue weighted by atomic mass is 35.5. The van der Waals surface area contributed by atoms with Crippen molar-refractivity contribution in [2.45, 2.75) is 36.2 Å². The fourth-order valence-electron chi connectivity index (χ4n) is 2.98. The molecule has 2 aliphatic rings. The fourth-order valence-corrected chi connectivity index (χ4v) is 5.20. The SMILES string of the molecule is Cl.O=S(=O)(c1ccc(Cl)c(F)c1Cl)N1CCC2CCC(C1)N2. The lowest BCUT2D eigenvalue weighted by Gasteiger charge is -2.24. The summed E-state index contributed by atoms with van der Waals surface area (Å²) in [5, 5.41) is 2.78. The maximum absolute atomic E-state index is 13.8. The van der Waals surface area contributed by atoms with Gasteiger partial charge in [-0.25, -0.2) is 12.8 Å². The summed E-state index contributed by atoms with van der Waals surface area (Å²) in [5.41, 5.74) is 0. The molecule has 1 aromatic carbocycles. The minimum atomic E-state index is -3.82. The molecule has 1 N–H and O–H groups in total. The first-order valence-electron chi connectivity index (χ1n) is 6.79. The summed E-state index contributed by atoms with van der Waals surface area (Å²) in [6.07, 6.45) is 2.79. The van der Waals surface area contributed by atoms with E-state index in [9.17, 15) is 12.8 Å². The van der Waals surface area contributed by atoms with Crippen LogP contribution < -0.4 is 5.32 Å². The maximum atomic E-state index is 13.8. The molecule has 4 nitrogen and oxygen atoms in total. The van der Waals surface area contributed by atoms with Crippen molar-refractivity contribution < 1.29 is 12.8 Å². The molecular weight excluding hydrogens is 374 g/mol. The summed E-state index contributed by atoms with van der Waals surface area (Å²) in [5.74, 6) is -0.895. The number of rotatable bonds is 2. The standard InChI is InChI=1S/C13H15Cl2FN2O2S.ClH/c14-10-3-4-11(12(15)13(10)16)21(19,20)18-6-5-8-1-2-9(7-18)17-8;/h3-4,8-9,17H,1-2,5-7H2;1H. The van der Waals surface area contributed by atoms with Crippen molar-refractivity contribution in [3.05, 3.63) is 28.0 Å². The molecule has 0 aromatic heterocycles. The number of nitrogens with zero attached hydrogens (tertiary/aromatic N) is 1. The first-order valence-corrected chi connectivity index (χ1v) is 8.99. The van der Waals surface area contributed by atoms with Crippen LogP contribution in [0.4, 0.5) is 4.39 Å². The molecule has 0 radical (unpaired) electrons. The highest BCUT2D eigenvalue weighted by Crippen LogP contribution is 2.32. The van der Waals surface area contributed by atoms with Gasteiger partial charge in [0.2, 0.25) is 10.0 Å². The molecule has 0 spiro atoms. The molecule has 0 saturated carbocycles. The van der Waals surface area contributed by atoms with Crippen molar-refractivity contribution in [1.82, 2.24) is 9.62 Å². The van der Waals surface area contributed by atoms with E-state index < -0.39 is 20.9 Å². The van der Waals surface area contributed by atoms with Gasteiger partial charge >= 0.3 is 0 Å². The summed E-state index contributed by atoms with van der Waals surface area (Å²) in [6, 6.07) is 3.01. The van der Waals surface area contributed by atoms with E-state index in [4.69, 9.17) is 23.2 Å². The second-order valence-electron chi connectivity index (χ2n) is 5.46. The van der Waals surface area contributed by atoms with Crippen LogP contribution >= 0.6 is 35.6 Å². The van der Waals surface area contributed by atoms with Gasteiger partial charge in [-0.05, 0) is 31.4 Å². The molecule has 2 bridgehead atoms. The highest BCUT2D eigenvalue weighted by Gasteiger charge is 2.36. The number of hydrogen-bond acceptors (Lipinski definition) is 3. The Hall–Kier alpha value is -0.110. The van der Waals surface area contributed by atoms with E-state index in [1.807, 2.05) is 0 Å². The molecule has 22 heavy (non-hydrogen) atoms. The Bertz CT molecular complexity index is 671.